The lowest BCUT2D eigenvalue weighted by Crippen LogP contribution is -2.17. The molecule has 18 heavy (non-hydrogen) atoms. The summed E-state index contributed by atoms with van der Waals surface area (Å²) in [6.07, 6.45) is 3.58. The second-order valence-corrected chi connectivity index (χ2v) is 3.94. The van der Waals surface area contributed by atoms with Gasteiger partial charge in [0, 0.05) is 18.9 Å². The molecule has 1 atom stereocenters. The van der Waals surface area contributed by atoms with Gasteiger partial charge in [0.15, 0.2) is 11.6 Å². The van der Waals surface area contributed by atoms with Gasteiger partial charge in [-0.15, -0.1) is 0 Å². The topological polar surface area (TPSA) is 53.1 Å². The summed E-state index contributed by atoms with van der Waals surface area (Å²) < 4.78 is 20.2. The Bertz CT molecular complexity index is 539. The van der Waals surface area contributed by atoms with Crippen molar-refractivity contribution >= 4 is 0 Å². The van der Waals surface area contributed by atoms with E-state index in [1.165, 1.54) is 13.2 Å². The highest BCUT2D eigenvalue weighted by Crippen LogP contribution is 2.24. The van der Waals surface area contributed by atoms with E-state index in [1.54, 1.807) is 18.3 Å². The van der Waals surface area contributed by atoms with Crippen LogP contribution in [0.15, 0.2) is 30.6 Å². The van der Waals surface area contributed by atoms with Crippen molar-refractivity contribution in [3.05, 3.63) is 47.8 Å². The van der Waals surface area contributed by atoms with E-state index in [2.05, 4.69) is 4.98 Å². The van der Waals surface area contributed by atoms with Crippen molar-refractivity contribution in [2.24, 2.45) is 5.73 Å². The molecule has 5 heteroatoms. The fourth-order valence-corrected chi connectivity index (χ4v) is 1.89. The van der Waals surface area contributed by atoms with Crippen LogP contribution in [0, 0.1) is 5.82 Å². The first-order valence-electron chi connectivity index (χ1n) is 5.77. The molecule has 0 aliphatic rings. The Hall–Kier alpha value is -1.88. The largest absolute Gasteiger partial charge is 0.494 e. The van der Waals surface area contributed by atoms with Gasteiger partial charge in [-0.05, 0) is 24.6 Å². The molecule has 2 rings (SSSR count). The van der Waals surface area contributed by atoms with Crippen LogP contribution in [0.4, 0.5) is 4.39 Å². The van der Waals surface area contributed by atoms with Crippen LogP contribution in [0.1, 0.15) is 24.4 Å². The molecule has 1 aromatic carbocycles. The third-order valence-electron chi connectivity index (χ3n) is 2.90. The first kappa shape index (κ1) is 12.6. The lowest BCUT2D eigenvalue weighted by Gasteiger charge is -2.14. The highest BCUT2D eigenvalue weighted by Gasteiger charge is 2.16. The van der Waals surface area contributed by atoms with Crippen molar-refractivity contribution < 1.29 is 9.13 Å². The Kier molecular flexibility index (Phi) is 3.62. The molecule has 0 saturated carbocycles. The smallest absolute Gasteiger partial charge is 0.165 e. The average Bonchev–Trinajstić information content (AvgIpc) is 2.86. The summed E-state index contributed by atoms with van der Waals surface area (Å²) in [6.45, 7) is 2.81. The molecule has 1 aromatic heterocycles. The zero-order valence-electron chi connectivity index (χ0n) is 10.4. The third kappa shape index (κ3) is 2.22. The van der Waals surface area contributed by atoms with Crippen LogP contribution in [0.25, 0.3) is 0 Å². The summed E-state index contributed by atoms with van der Waals surface area (Å²) in [5.41, 5.74) is 6.92. The summed E-state index contributed by atoms with van der Waals surface area (Å²) in [4.78, 5) is 4.24. The third-order valence-corrected chi connectivity index (χ3v) is 2.90. The number of hydrogen-bond donors (Lipinski definition) is 1. The summed E-state index contributed by atoms with van der Waals surface area (Å²) in [5.74, 6) is 0.552. The number of aryl methyl sites for hydroxylation is 1. The quantitative estimate of drug-likeness (QED) is 0.902. The number of rotatable bonds is 4. The minimum absolute atomic E-state index is 0.192. The number of aromatic nitrogens is 2. The molecule has 0 saturated heterocycles. The number of nitrogens with zero attached hydrogens (tertiary/aromatic N) is 2. The zero-order chi connectivity index (χ0) is 13.1. The van der Waals surface area contributed by atoms with E-state index in [0.29, 0.717) is 0 Å². The SMILES string of the molecule is CCn1ccnc1C(N)c1ccc(F)c(OC)c1. The van der Waals surface area contributed by atoms with Gasteiger partial charge in [0.2, 0.25) is 0 Å². The van der Waals surface area contributed by atoms with Gasteiger partial charge in [-0.25, -0.2) is 9.37 Å². The van der Waals surface area contributed by atoms with Gasteiger partial charge >= 0.3 is 0 Å². The van der Waals surface area contributed by atoms with Crippen LogP contribution in [0.2, 0.25) is 0 Å². The molecule has 2 N–H and O–H groups in total. The normalized spacial score (nSPS) is 12.4. The van der Waals surface area contributed by atoms with Gasteiger partial charge in [0.05, 0.1) is 13.2 Å². The minimum Gasteiger partial charge on any atom is -0.494 e. The Labute approximate surface area is 105 Å². The number of nitrogens with two attached hydrogens (primary N) is 1. The summed E-state index contributed by atoms with van der Waals surface area (Å²) in [5, 5.41) is 0. The first-order chi connectivity index (χ1) is 8.67. The number of ether oxygens (including phenoxy) is 1. The Balaban J connectivity index is 2.37. The van der Waals surface area contributed by atoms with Crippen LogP contribution in [0.3, 0.4) is 0 Å². The molecule has 0 aliphatic heterocycles. The van der Waals surface area contributed by atoms with Gasteiger partial charge < -0.3 is 15.0 Å². The summed E-state index contributed by atoms with van der Waals surface area (Å²) >= 11 is 0. The van der Waals surface area contributed by atoms with Gasteiger partial charge in [0.1, 0.15) is 5.82 Å². The number of hydrogen-bond acceptors (Lipinski definition) is 3. The molecule has 96 valence electrons. The van der Waals surface area contributed by atoms with Crippen LogP contribution in [-0.4, -0.2) is 16.7 Å². The molecular weight excluding hydrogens is 233 g/mol. The van der Waals surface area contributed by atoms with Crippen LogP contribution >= 0.6 is 0 Å². The molecule has 0 spiro atoms. The van der Waals surface area contributed by atoms with Crippen molar-refractivity contribution in [1.29, 1.82) is 0 Å². The number of imidazole rings is 1. The fourth-order valence-electron chi connectivity index (χ4n) is 1.89. The Morgan fingerprint density at radius 2 is 2.28 bits per heavy atom. The highest BCUT2D eigenvalue weighted by atomic mass is 19.1. The van der Waals surface area contributed by atoms with E-state index < -0.39 is 11.9 Å². The first-order valence-corrected chi connectivity index (χ1v) is 5.77. The van der Waals surface area contributed by atoms with E-state index in [4.69, 9.17) is 10.5 Å². The molecule has 4 nitrogen and oxygen atoms in total. The lowest BCUT2D eigenvalue weighted by molar-refractivity contribution is 0.385. The maximum Gasteiger partial charge on any atom is 0.165 e. The second kappa shape index (κ2) is 5.18. The standard InChI is InChI=1S/C13H16FN3O/c1-3-17-7-6-16-13(17)12(15)9-4-5-10(14)11(8-9)18-2/h4-8,12H,3,15H2,1-2H3. The predicted octanol–water partition coefficient (Wildman–Crippen LogP) is 2.10. The van der Waals surface area contributed by atoms with Crippen LogP contribution < -0.4 is 10.5 Å². The van der Waals surface area contributed by atoms with Crippen molar-refractivity contribution in [2.45, 2.75) is 19.5 Å². The molecule has 0 radical (unpaired) electrons. The molecule has 0 amide bonds. The van der Waals surface area contributed by atoms with Crippen molar-refractivity contribution in [3.63, 3.8) is 0 Å². The monoisotopic (exact) mass is 249 g/mol. The number of benzene rings is 1. The molecule has 1 heterocycles. The maximum atomic E-state index is 13.3. The predicted molar refractivity (Wildman–Crippen MR) is 66.9 cm³/mol. The van der Waals surface area contributed by atoms with E-state index in [9.17, 15) is 4.39 Å². The Morgan fingerprint density at radius 1 is 1.50 bits per heavy atom. The van der Waals surface area contributed by atoms with Crippen LogP contribution in [0.5, 0.6) is 5.75 Å². The van der Waals surface area contributed by atoms with Crippen molar-refractivity contribution in [1.82, 2.24) is 9.55 Å². The molecule has 0 aliphatic carbocycles. The summed E-state index contributed by atoms with van der Waals surface area (Å²) in [7, 11) is 1.43. The zero-order valence-corrected chi connectivity index (χ0v) is 10.4. The minimum atomic E-state index is -0.396. The lowest BCUT2D eigenvalue weighted by atomic mass is 10.1. The number of halogens is 1. The fraction of sp³-hybridized carbons (Fsp3) is 0.308. The van der Waals surface area contributed by atoms with E-state index in [1.807, 2.05) is 17.7 Å². The van der Waals surface area contributed by atoms with E-state index >= 15 is 0 Å². The maximum absolute atomic E-state index is 13.3. The van der Waals surface area contributed by atoms with Crippen molar-refractivity contribution in [3.8, 4) is 5.75 Å². The summed E-state index contributed by atoms with van der Waals surface area (Å²) in [6, 6.07) is 4.22. The molecule has 1 unspecified atom stereocenters. The Morgan fingerprint density at radius 3 is 2.94 bits per heavy atom. The van der Waals surface area contributed by atoms with Gasteiger partial charge in [-0.3, -0.25) is 0 Å². The highest BCUT2D eigenvalue weighted by molar-refractivity contribution is 5.34. The van der Waals surface area contributed by atoms with Crippen molar-refractivity contribution in [2.75, 3.05) is 7.11 Å². The number of methoxy groups -OCH3 is 1. The van der Waals surface area contributed by atoms with Gasteiger partial charge in [0.25, 0.3) is 0 Å². The molecule has 2 aromatic rings. The van der Waals surface area contributed by atoms with Crippen LogP contribution in [-0.2, 0) is 6.54 Å². The average molecular weight is 249 g/mol. The van der Waals surface area contributed by atoms with E-state index in [-0.39, 0.29) is 5.75 Å². The molecule has 0 fully saturated rings. The van der Waals surface area contributed by atoms with Gasteiger partial charge in [-0.2, -0.15) is 0 Å². The molecule has 0 bridgehead atoms. The van der Waals surface area contributed by atoms with Gasteiger partial charge in [-0.1, -0.05) is 6.07 Å². The molecular formula is C13H16FN3O. The van der Waals surface area contributed by atoms with E-state index in [0.717, 1.165) is 17.9 Å². The second-order valence-electron chi connectivity index (χ2n) is 3.94.